The van der Waals surface area contributed by atoms with Crippen molar-refractivity contribution in [3.8, 4) is 0 Å². The number of hydrogen-bond acceptors (Lipinski definition) is 4. The van der Waals surface area contributed by atoms with Gasteiger partial charge in [-0.15, -0.1) is 11.3 Å². The minimum absolute atomic E-state index is 0.104. The van der Waals surface area contributed by atoms with E-state index in [1.807, 2.05) is 43.5 Å². The quantitative estimate of drug-likeness (QED) is 0.890. The number of aliphatic hydroxyl groups is 1. The highest BCUT2D eigenvalue weighted by molar-refractivity contribution is 7.09. The molecule has 1 heterocycles. The minimum atomic E-state index is -0.638. The fourth-order valence-corrected chi connectivity index (χ4v) is 2.79. The first-order valence-corrected chi connectivity index (χ1v) is 6.87. The second kappa shape index (κ2) is 5.61. The molecule has 1 aromatic carbocycles. The second-order valence-corrected chi connectivity index (χ2v) is 5.50. The van der Waals surface area contributed by atoms with E-state index >= 15 is 0 Å². The molecule has 2 aromatic rings. The molecule has 18 heavy (non-hydrogen) atoms. The van der Waals surface area contributed by atoms with Gasteiger partial charge in [0.05, 0.1) is 10.7 Å². The molecule has 0 aliphatic rings. The number of aliphatic hydroxyl groups excluding tert-OH is 1. The Hall–Kier alpha value is -1.23. The van der Waals surface area contributed by atoms with Crippen molar-refractivity contribution in [2.75, 3.05) is 6.54 Å². The van der Waals surface area contributed by atoms with Crippen molar-refractivity contribution in [1.29, 1.82) is 0 Å². The van der Waals surface area contributed by atoms with E-state index in [0.29, 0.717) is 6.54 Å². The average Bonchev–Trinajstić information content (AvgIpc) is 2.79. The van der Waals surface area contributed by atoms with Crippen LogP contribution in [0.4, 0.5) is 0 Å². The first-order valence-electron chi connectivity index (χ1n) is 5.99. The van der Waals surface area contributed by atoms with Gasteiger partial charge in [-0.1, -0.05) is 24.3 Å². The zero-order chi connectivity index (χ0) is 13.1. The van der Waals surface area contributed by atoms with E-state index < -0.39 is 6.10 Å². The Morgan fingerprint density at radius 2 is 2.06 bits per heavy atom. The molecule has 2 unspecified atom stereocenters. The number of rotatable bonds is 4. The Bertz CT molecular complexity index is 524. The molecule has 4 heteroatoms. The Balaban J connectivity index is 2.32. The van der Waals surface area contributed by atoms with Crippen LogP contribution in [0.25, 0.3) is 0 Å². The highest BCUT2D eigenvalue weighted by Crippen LogP contribution is 2.32. The molecule has 2 atom stereocenters. The van der Waals surface area contributed by atoms with Crippen LogP contribution in [-0.4, -0.2) is 16.6 Å². The molecule has 0 bridgehead atoms. The Morgan fingerprint density at radius 3 is 2.61 bits per heavy atom. The molecule has 96 valence electrons. The number of hydrogen-bond donors (Lipinski definition) is 2. The molecular weight excluding hydrogens is 244 g/mol. The van der Waals surface area contributed by atoms with Crippen LogP contribution in [0, 0.1) is 13.8 Å². The van der Waals surface area contributed by atoms with Crippen molar-refractivity contribution >= 4 is 11.3 Å². The van der Waals surface area contributed by atoms with Gasteiger partial charge < -0.3 is 10.8 Å². The summed E-state index contributed by atoms with van der Waals surface area (Å²) in [7, 11) is 0. The van der Waals surface area contributed by atoms with Gasteiger partial charge in [0.25, 0.3) is 0 Å². The van der Waals surface area contributed by atoms with Gasteiger partial charge in [-0.3, -0.25) is 0 Å². The normalized spacial score (nSPS) is 14.4. The van der Waals surface area contributed by atoms with Gasteiger partial charge in [-0.2, -0.15) is 0 Å². The van der Waals surface area contributed by atoms with Crippen LogP contribution < -0.4 is 5.73 Å². The summed E-state index contributed by atoms with van der Waals surface area (Å²) in [4.78, 5) is 4.35. The lowest BCUT2D eigenvalue weighted by molar-refractivity contribution is 0.143. The van der Waals surface area contributed by atoms with Gasteiger partial charge >= 0.3 is 0 Å². The lowest BCUT2D eigenvalue weighted by Crippen LogP contribution is -2.21. The molecular formula is C14H18N2OS. The van der Waals surface area contributed by atoms with Gasteiger partial charge in [0.15, 0.2) is 0 Å². The maximum Gasteiger partial charge on any atom is 0.105 e. The number of benzene rings is 1. The van der Waals surface area contributed by atoms with E-state index in [9.17, 15) is 5.11 Å². The standard InChI is InChI=1S/C14H18N2OS/c1-9-5-3-4-6-11(9)12(7-15)14(17)13-8-18-10(2)16-13/h3-6,8,12,14,17H,7,15H2,1-2H3. The van der Waals surface area contributed by atoms with Crippen molar-refractivity contribution in [3.05, 3.63) is 51.5 Å². The molecule has 0 amide bonds. The predicted molar refractivity (Wildman–Crippen MR) is 74.8 cm³/mol. The van der Waals surface area contributed by atoms with Crippen LogP contribution in [0.1, 0.15) is 33.9 Å². The molecule has 0 aliphatic carbocycles. The monoisotopic (exact) mass is 262 g/mol. The van der Waals surface area contributed by atoms with E-state index in [1.54, 1.807) is 11.3 Å². The predicted octanol–water partition coefficient (Wildman–Crippen LogP) is 2.54. The molecule has 0 saturated heterocycles. The van der Waals surface area contributed by atoms with Gasteiger partial charge in [-0.25, -0.2) is 4.98 Å². The molecule has 0 saturated carbocycles. The molecule has 1 aromatic heterocycles. The lowest BCUT2D eigenvalue weighted by Gasteiger charge is -2.22. The maximum atomic E-state index is 10.4. The van der Waals surface area contributed by atoms with Crippen LogP contribution in [0.2, 0.25) is 0 Å². The maximum absolute atomic E-state index is 10.4. The van der Waals surface area contributed by atoms with E-state index in [-0.39, 0.29) is 5.92 Å². The van der Waals surface area contributed by atoms with E-state index in [4.69, 9.17) is 5.73 Å². The number of aromatic nitrogens is 1. The Labute approximate surface area is 111 Å². The van der Waals surface area contributed by atoms with Crippen LogP contribution >= 0.6 is 11.3 Å². The molecule has 0 radical (unpaired) electrons. The second-order valence-electron chi connectivity index (χ2n) is 4.44. The first kappa shape index (κ1) is 13.2. The van der Waals surface area contributed by atoms with Crippen molar-refractivity contribution in [2.45, 2.75) is 25.9 Å². The van der Waals surface area contributed by atoms with Crippen LogP contribution in [0.15, 0.2) is 29.6 Å². The summed E-state index contributed by atoms with van der Waals surface area (Å²) in [5.41, 5.74) is 8.80. The van der Waals surface area contributed by atoms with Crippen molar-refractivity contribution < 1.29 is 5.11 Å². The topological polar surface area (TPSA) is 59.1 Å². The van der Waals surface area contributed by atoms with Crippen LogP contribution in [0.5, 0.6) is 0 Å². The summed E-state index contributed by atoms with van der Waals surface area (Å²) in [5, 5.41) is 13.3. The van der Waals surface area contributed by atoms with Gasteiger partial charge in [-0.05, 0) is 25.0 Å². The third-order valence-electron chi connectivity index (χ3n) is 3.16. The number of nitrogens with two attached hydrogens (primary N) is 1. The van der Waals surface area contributed by atoms with E-state index in [2.05, 4.69) is 4.98 Å². The average molecular weight is 262 g/mol. The summed E-state index contributed by atoms with van der Waals surface area (Å²) in [6, 6.07) is 8.03. The summed E-state index contributed by atoms with van der Waals surface area (Å²) in [6.45, 7) is 4.38. The Kier molecular flexibility index (Phi) is 4.11. The highest BCUT2D eigenvalue weighted by atomic mass is 32.1. The number of nitrogens with zero attached hydrogens (tertiary/aromatic N) is 1. The number of thiazole rings is 1. The fourth-order valence-electron chi connectivity index (χ4n) is 2.15. The fraction of sp³-hybridized carbons (Fsp3) is 0.357. The molecule has 0 aliphatic heterocycles. The summed E-state index contributed by atoms with van der Waals surface area (Å²) >= 11 is 1.55. The summed E-state index contributed by atoms with van der Waals surface area (Å²) in [5.74, 6) is -0.104. The van der Waals surface area contributed by atoms with Crippen LogP contribution in [0.3, 0.4) is 0 Å². The van der Waals surface area contributed by atoms with Gasteiger partial charge in [0, 0.05) is 17.8 Å². The van der Waals surface area contributed by atoms with Crippen LogP contribution in [-0.2, 0) is 0 Å². The van der Waals surface area contributed by atoms with E-state index in [1.165, 1.54) is 0 Å². The molecule has 2 rings (SSSR count). The third-order valence-corrected chi connectivity index (χ3v) is 3.95. The van der Waals surface area contributed by atoms with Crippen molar-refractivity contribution in [1.82, 2.24) is 4.98 Å². The Morgan fingerprint density at radius 1 is 1.33 bits per heavy atom. The minimum Gasteiger partial charge on any atom is -0.386 e. The third kappa shape index (κ3) is 2.61. The number of aryl methyl sites for hydroxylation is 2. The lowest BCUT2D eigenvalue weighted by atomic mass is 9.89. The molecule has 3 nitrogen and oxygen atoms in total. The van der Waals surface area contributed by atoms with Gasteiger partial charge in [0.2, 0.25) is 0 Å². The largest absolute Gasteiger partial charge is 0.386 e. The summed E-state index contributed by atoms with van der Waals surface area (Å²) < 4.78 is 0. The molecule has 3 N–H and O–H groups in total. The summed E-state index contributed by atoms with van der Waals surface area (Å²) in [6.07, 6.45) is -0.638. The van der Waals surface area contributed by atoms with E-state index in [0.717, 1.165) is 21.8 Å². The first-order chi connectivity index (χ1) is 8.63. The van der Waals surface area contributed by atoms with Crippen molar-refractivity contribution in [2.24, 2.45) is 5.73 Å². The highest BCUT2D eigenvalue weighted by Gasteiger charge is 2.24. The molecule has 0 fully saturated rings. The SMILES string of the molecule is Cc1nc(C(O)C(CN)c2ccccc2C)cs1. The zero-order valence-electron chi connectivity index (χ0n) is 10.6. The smallest absolute Gasteiger partial charge is 0.105 e. The van der Waals surface area contributed by atoms with Gasteiger partial charge in [0.1, 0.15) is 6.10 Å². The van der Waals surface area contributed by atoms with Crippen molar-refractivity contribution in [3.63, 3.8) is 0 Å². The molecule has 0 spiro atoms. The zero-order valence-corrected chi connectivity index (χ0v) is 11.4.